The molecule has 2 atom stereocenters. The highest BCUT2D eigenvalue weighted by Crippen LogP contribution is 2.40. The van der Waals surface area contributed by atoms with Crippen LogP contribution in [-0.2, 0) is 9.47 Å². The number of carbonyl (C=O) groups is 1. The summed E-state index contributed by atoms with van der Waals surface area (Å²) >= 11 is 6.69. The Morgan fingerprint density at radius 3 is 2.75 bits per heavy atom. The van der Waals surface area contributed by atoms with Gasteiger partial charge < -0.3 is 19.2 Å². The first-order valence-corrected chi connectivity index (χ1v) is 15.1. The van der Waals surface area contributed by atoms with Crippen LogP contribution in [-0.4, -0.2) is 80.2 Å². The lowest BCUT2D eigenvalue weighted by atomic mass is 9.99. The predicted molar refractivity (Wildman–Crippen MR) is 165 cm³/mol. The van der Waals surface area contributed by atoms with Gasteiger partial charge in [-0.2, -0.15) is 5.10 Å². The summed E-state index contributed by atoms with van der Waals surface area (Å²) in [4.78, 5) is 33.4. The molecule has 2 aliphatic heterocycles. The molecule has 0 N–H and O–H groups in total. The maximum atomic E-state index is 16.5. The average molecular weight is 621 g/mol. The molecule has 4 aromatic rings. The fourth-order valence-electron chi connectivity index (χ4n) is 5.98. The maximum absolute atomic E-state index is 16.5. The van der Waals surface area contributed by atoms with E-state index in [0.717, 1.165) is 30.2 Å². The van der Waals surface area contributed by atoms with Crippen LogP contribution in [0.25, 0.3) is 37.9 Å². The van der Waals surface area contributed by atoms with Crippen LogP contribution < -0.4 is 4.90 Å². The van der Waals surface area contributed by atoms with Crippen molar-refractivity contribution in [3.8, 4) is 11.3 Å². The van der Waals surface area contributed by atoms with Gasteiger partial charge in [-0.1, -0.05) is 11.6 Å². The number of pyridine rings is 1. The highest BCUT2D eigenvalue weighted by molar-refractivity contribution is 6.33. The lowest BCUT2D eigenvalue weighted by Gasteiger charge is -2.40. The van der Waals surface area contributed by atoms with Crippen LogP contribution in [0.1, 0.15) is 51.8 Å². The number of ether oxygens (including phenoxy) is 2. The van der Waals surface area contributed by atoms with Gasteiger partial charge in [0.2, 0.25) is 6.54 Å². The second-order valence-electron chi connectivity index (χ2n) is 12.2. The van der Waals surface area contributed by atoms with E-state index in [2.05, 4.69) is 24.9 Å². The molecule has 11 nitrogen and oxygen atoms in total. The van der Waals surface area contributed by atoms with Crippen LogP contribution in [0.5, 0.6) is 0 Å². The molecule has 1 unspecified atom stereocenters. The fraction of sp³-hybridized carbons (Fsp3) is 0.484. The molecule has 1 amide bonds. The molecule has 13 heteroatoms. The molecule has 0 bridgehead atoms. The van der Waals surface area contributed by atoms with Gasteiger partial charge >= 0.3 is 6.09 Å². The third-order valence-corrected chi connectivity index (χ3v) is 8.47. The Kier molecular flexibility index (Phi) is 8.02. The predicted octanol–water partition coefficient (Wildman–Crippen LogP) is 6.19. The average Bonchev–Trinajstić information content (AvgIpc) is 3.41. The molecule has 2 saturated heterocycles. The van der Waals surface area contributed by atoms with E-state index >= 15 is 4.39 Å². The van der Waals surface area contributed by atoms with Crippen molar-refractivity contribution in [2.24, 2.45) is 0 Å². The summed E-state index contributed by atoms with van der Waals surface area (Å²) in [5.74, 6) is -0.105. The first kappa shape index (κ1) is 30.0. The zero-order valence-electron chi connectivity index (χ0n) is 25.2. The molecular formula is C31H34ClFN8O3. The number of benzene rings is 1. The van der Waals surface area contributed by atoms with E-state index in [0.29, 0.717) is 53.6 Å². The summed E-state index contributed by atoms with van der Waals surface area (Å²) in [5.41, 5.74) is 1.57. The summed E-state index contributed by atoms with van der Waals surface area (Å²) < 4.78 is 29.8. The van der Waals surface area contributed by atoms with Crippen LogP contribution >= 0.6 is 11.6 Å². The number of amides is 1. The van der Waals surface area contributed by atoms with Crippen molar-refractivity contribution in [2.75, 3.05) is 37.7 Å². The summed E-state index contributed by atoms with van der Waals surface area (Å²) in [6.45, 7) is 16.5. The summed E-state index contributed by atoms with van der Waals surface area (Å²) in [5, 5.41) is 6.24. The SMILES string of the molecule is [C-]#[N+]C[C@H]1CN(c2ncnc3c(F)c(-c4c(C)c(Cl)cc5c4cnn5C4CCCCO4)ncc23)CCN1C(=O)OC(C)(C)C. The van der Waals surface area contributed by atoms with E-state index in [1.54, 1.807) is 38.1 Å². The topological polar surface area (TPSA) is 103 Å². The standard InChI is InChI=1S/C31H34ClFN8O3/c1-18-22(32)12-23-20(15-38-41(23)24-8-6-7-11-43-24)25(18)28-26(33)27-21(14-35-28)29(37-17-36-27)39-9-10-40(19(16-39)13-34-5)30(42)44-31(2,3)4/h12,14-15,17,19,24H,6-11,13,16H2,1-4H3/t19-,24?/m0/s1. The van der Waals surface area contributed by atoms with Gasteiger partial charge in [0.25, 0.3) is 0 Å². The Hall–Kier alpha value is -4.08. The van der Waals surface area contributed by atoms with Gasteiger partial charge in [-0.3, -0.25) is 9.88 Å². The smallest absolute Gasteiger partial charge is 0.410 e. The van der Waals surface area contributed by atoms with Crippen LogP contribution in [0.15, 0.2) is 24.8 Å². The van der Waals surface area contributed by atoms with Crippen LogP contribution in [0.3, 0.4) is 0 Å². The summed E-state index contributed by atoms with van der Waals surface area (Å²) in [6.07, 6.45) is 6.83. The van der Waals surface area contributed by atoms with E-state index in [-0.39, 0.29) is 24.0 Å². The Bertz CT molecular complexity index is 1780. The molecule has 1 aromatic carbocycles. The van der Waals surface area contributed by atoms with E-state index in [1.807, 2.05) is 22.6 Å². The Morgan fingerprint density at radius 2 is 2.02 bits per heavy atom. The molecule has 0 saturated carbocycles. The molecule has 5 heterocycles. The monoisotopic (exact) mass is 620 g/mol. The lowest BCUT2D eigenvalue weighted by molar-refractivity contribution is -0.0366. The maximum Gasteiger partial charge on any atom is 0.410 e. The second kappa shape index (κ2) is 11.8. The Labute approximate surface area is 259 Å². The minimum absolute atomic E-state index is 0.0964. The number of nitrogens with zero attached hydrogens (tertiary/aromatic N) is 8. The number of piperazine rings is 1. The van der Waals surface area contributed by atoms with Gasteiger partial charge in [-0.15, -0.1) is 0 Å². The molecule has 0 aliphatic carbocycles. The number of anilines is 1. The van der Waals surface area contributed by atoms with E-state index in [4.69, 9.17) is 27.6 Å². The summed E-state index contributed by atoms with van der Waals surface area (Å²) in [6, 6.07) is 1.42. The third-order valence-electron chi connectivity index (χ3n) is 8.08. The molecule has 0 radical (unpaired) electrons. The van der Waals surface area contributed by atoms with Gasteiger partial charge in [-0.05, 0) is 58.6 Å². The van der Waals surface area contributed by atoms with E-state index in [1.165, 1.54) is 6.33 Å². The molecular weight excluding hydrogens is 587 g/mol. The number of fused-ring (bicyclic) bond motifs is 2. The highest BCUT2D eigenvalue weighted by Gasteiger charge is 2.36. The zero-order chi connectivity index (χ0) is 31.2. The largest absolute Gasteiger partial charge is 0.444 e. The number of aromatic nitrogens is 5. The van der Waals surface area contributed by atoms with Crippen molar-refractivity contribution >= 4 is 45.3 Å². The van der Waals surface area contributed by atoms with Crippen LogP contribution in [0.2, 0.25) is 5.02 Å². The molecule has 44 heavy (non-hydrogen) atoms. The molecule has 2 fully saturated rings. The molecule has 230 valence electrons. The first-order chi connectivity index (χ1) is 21.1. The zero-order valence-corrected chi connectivity index (χ0v) is 25.9. The molecule has 6 rings (SSSR count). The van der Waals surface area contributed by atoms with Crippen LogP contribution in [0.4, 0.5) is 15.0 Å². The van der Waals surface area contributed by atoms with Gasteiger partial charge in [0.15, 0.2) is 12.0 Å². The van der Waals surface area contributed by atoms with Crippen LogP contribution in [0, 0.1) is 19.3 Å². The van der Waals surface area contributed by atoms with Gasteiger partial charge in [0.05, 0.1) is 17.1 Å². The number of carbonyl (C=O) groups excluding carboxylic acids is 1. The third kappa shape index (κ3) is 5.50. The molecule has 3 aromatic heterocycles. The minimum Gasteiger partial charge on any atom is -0.444 e. The normalized spacial score (nSPS) is 19.4. The van der Waals surface area contributed by atoms with Crippen molar-refractivity contribution < 1.29 is 18.7 Å². The Balaban J connectivity index is 1.37. The van der Waals surface area contributed by atoms with Crippen molar-refractivity contribution in [1.82, 2.24) is 29.6 Å². The van der Waals surface area contributed by atoms with E-state index in [9.17, 15) is 4.79 Å². The number of rotatable bonds is 4. The Morgan fingerprint density at radius 1 is 1.20 bits per heavy atom. The minimum atomic E-state index is -0.657. The van der Waals surface area contributed by atoms with E-state index < -0.39 is 23.6 Å². The van der Waals surface area contributed by atoms with Crippen molar-refractivity contribution in [3.63, 3.8) is 0 Å². The van der Waals surface area contributed by atoms with Crippen molar-refractivity contribution in [3.05, 3.63) is 52.6 Å². The number of halogens is 2. The van der Waals surface area contributed by atoms with Gasteiger partial charge in [0, 0.05) is 48.4 Å². The fourth-order valence-corrected chi connectivity index (χ4v) is 6.18. The first-order valence-electron chi connectivity index (χ1n) is 14.7. The van der Waals surface area contributed by atoms with Gasteiger partial charge in [-0.25, -0.2) is 30.4 Å². The second-order valence-corrected chi connectivity index (χ2v) is 12.6. The quantitative estimate of drug-likeness (QED) is 0.249. The number of hydrogen-bond donors (Lipinski definition) is 0. The summed E-state index contributed by atoms with van der Waals surface area (Å²) in [7, 11) is 0. The van der Waals surface area contributed by atoms with Crippen molar-refractivity contribution in [2.45, 2.75) is 64.8 Å². The van der Waals surface area contributed by atoms with Crippen molar-refractivity contribution in [1.29, 1.82) is 0 Å². The lowest BCUT2D eigenvalue weighted by Crippen LogP contribution is -2.57. The molecule has 2 aliphatic rings. The molecule has 0 spiro atoms. The number of hydrogen-bond acceptors (Lipinski definition) is 8. The van der Waals surface area contributed by atoms with Gasteiger partial charge in [0.1, 0.15) is 35.0 Å². The highest BCUT2D eigenvalue weighted by atomic mass is 35.5.